The molecule has 0 saturated heterocycles. The first-order valence-electron chi connectivity index (χ1n) is 5.41. The van der Waals surface area contributed by atoms with E-state index in [0.29, 0.717) is 0 Å². The van der Waals surface area contributed by atoms with Gasteiger partial charge in [0.1, 0.15) is 5.01 Å². The number of thiazole rings is 1. The fraction of sp³-hybridized carbons (Fsp3) is 0.308. The number of nitrogens with zero attached hydrogens (tertiary/aromatic N) is 1. The zero-order chi connectivity index (χ0) is 11.4. The lowest BCUT2D eigenvalue weighted by Gasteiger charge is -2.03. The highest BCUT2D eigenvalue weighted by Gasteiger charge is 1.98. The van der Waals surface area contributed by atoms with Crippen LogP contribution in [0.25, 0.3) is 0 Å². The molecule has 0 amide bonds. The van der Waals surface area contributed by atoms with Crippen LogP contribution in [0, 0.1) is 13.8 Å². The van der Waals surface area contributed by atoms with Crippen LogP contribution in [-0.2, 0) is 13.1 Å². The summed E-state index contributed by atoms with van der Waals surface area (Å²) in [6, 6.07) is 8.61. The molecule has 1 heterocycles. The first kappa shape index (κ1) is 11.3. The molecule has 0 saturated carbocycles. The molecule has 1 aromatic carbocycles. The van der Waals surface area contributed by atoms with Gasteiger partial charge in [-0.05, 0) is 19.4 Å². The van der Waals surface area contributed by atoms with Gasteiger partial charge in [0.15, 0.2) is 0 Å². The quantitative estimate of drug-likeness (QED) is 0.876. The van der Waals surface area contributed by atoms with Gasteiger partial charge in [-0.2, -0.15) is 0 Å². The van der Waals surface area contributed by atoms with E-state index in [-0.39, 0.29) is 0 Å². The van der Waals surface area contributed by atoms with Crippen molar-refractivity contribution in [1.29, 1.82) is 0 Å². The van der Waals surface area contributed by atoms with Crippen LogP contribution in [0.5, 0.6) is 0 Å². The second-order valence-corrected chi connectivity index (χ2v) is 4.91. The minimum Gasteiger partial charge on any atom is -0.306 e. The van der Waals surface area contributed by atoms with Crippen LogP contribution in [0.1, 0.15) is 21.8 Å². The van der Waals surface area contributed by atoms with Gasteiger partial charge in [-0.1, -0.05) is 29.8 Å². The third-order valence-electron chi connectivity index (χ3n) is 2.39. The Balaban J connectivity index is 1.82. The fourth-order valence-electron chi connectivity index (χ4n) is 1.50. The third-order valence-corrected chi connectivity index (χ3v) is 3.36. The Labute approximate surface area is 100 Å². The molecule has 2 rings (SSSR count). The topological polar surface area (TPSA) is 24.9 Å². The Hall–Kier alpha value is -1.19. The van der Waals surface area contributed by atoms with Gasteiger partial charge in [0, 0.05) is 24.2 Å². The average Bonchev–Trinajstić information content (AvgIpc) is 2.67. The molecule has 0 fully saturated rings. The summed E-state index contributed by atoms with van der Waals surface area (Å²) in [5.41, 5.74) is 3.73. The molecule has 0 bridgehead atoms. The summed E-state index contributed by atoms with van der Waals surface area (Å²) in [6.45, 7) is 5.89. The molecule has 0 aliphatic rings. The van der Waals surface area contributed by atoms with Crippen LogP contribution >= 0.6 is 11.3 Å². The van der Waals surface area contributed by atoms with Crippen molar-refractivity contribution in [2.45, 2.75) is 26.9 Å². The van der Waals surface area contributed by atoms with E-state index < -0.39 is 0 Å². The third kappa shape index (κ3) is 3.15. The number of nitrogens with one attached hydrogen (secondary N) is 1. The highest BCUT2D eigenvalue weighted by molar-refractivity contribution is 7.09. The van der Waals surface area contributed by atoms with E-state index in [0.717, 1.165) is 23.8 Å². The second-order valence-electron chi connectivity index (χ2n) is 3.97. The monoisotopic (exact) mass is 232 g/mol. The Morgan fingerprint density at radius 3 is 2.50 bits per heavy atom. The number of rotatable bonds is 4. The molecular weight excluding hydrogens is 216 g/mol. The highest BCUT2D eigenvalue weighted by atomic mass is 32.1. The van der Waals surface area contributed by atoms with Crippen molar-refractivity contribution in [3.8, 4) is 0 Å². The van der Waals surface area contributed by atoms with Gasteiger partial charge in [-0.3, -0.25) is 0 Å². The first-order chi connectivity index (χ1) is 7.74. The predicted molar refractivity (Wildman–Crippen MR) is 68.6 cm³/mol. The molecule has 2 nitrogen and oxygen atoms in total. The van der Waals surface area contributed by atoms with E-state index in [2.05, 4.69) is 46.9 Å². The van der Waals surface area contributed by atoms with Gasteiger partial charge in [0.25, 0.3) is 0 Å². The molecule has 1 aromatic heterocycles. The van der Waals surface area contributed by atoms with Crippen molar-refractivity contribution < 1.29 is 0 Å². The van der Waals surface area contributed by atoms with E-state index in [1.807, 2.05) is 6.92 Å². The summed E-state index contributed by atoms with van der Waals surface area (Å²) in [6.07, 6.45) is 0. The summed E-state index contributed by atoms with van der Waals surface area (Å²) in [4.78, 5) is 4.41. The molecule has 3 heteroatoms. The van der Waals surface area contributed by atoms with Gasteiger partial charge in [0.2, 0.25) is 0 Å². The maximum atomic E-state index is 4.41. The zero-order valence-corrected chi connectivity index (χ0v) is 10.5. The molecule has 2 aromatic rings. The van der Waals surface area contributed by atoms with Crippen molar-refractivity contribution >= 4 is 11.3 Å². The van der Waals surface area contributed by atoms with E-state index >= 15 is 0 Å². The van der Waals surface area contributed by atoms with Crippen molar-refractivity contribution in [2.75, 3.05) is 0 Å². The Bertz CT molecular complexity index is 445. The first-order valence-corrected chi connectivity index (χ1v) is 6.29. The van der Waals surface area contributed by atoms with E-state index in [4.69, 9.17) is 0 Å². The van der Waals surface area contributed by atoms with Gasteiger partial charge in [0.05, 0.1) is 0 Å². The average molecular weight is 232 g/mol. The van der Waals surface area contributed by atoms with E-state index in [9.17, 15) is 0 Å². The Kier molecular flexibility index (Phi) is 3.70. The lowest BCUT2D eigenvalue weighted by atomic mass is 10.1. The molecule has 0 spiro atoms. The summed E-state index contributed by atoms with van der Waals surface area (Å²) < 4.78 is 0. The molecule has 0 radical (unpaired) electrons. The number of aromatic nitrogens is 1. The maximum absolute atomic E-state index is 4.41. The summed E-state index contributed by atoms with van der Waals surface area (Å²) in [5, 5.41) is 6.64. The summed E-state index contributed by atoms with van der Waals surface area (Å²) in [5.74, 6) is 0. The van der Waals surface area contributed by atoms with Crippen LogP contribution in [0.3, 0.4) is 0 Å². The smallest absolute Gasteiger partial charge is 0.107 e. The van der Waals surface area contributed by atoms with Gasteiger partial charge in [-0.25, -0.2) is 4.98 Å². The fourth-order valence-corrected chi connectivity index (χ4v) is 2.24. The molecule has 0 aliphatic carbocycles. The van der Waals surface area contributed by atoms with Crippen molar-refractivity contribution in [3.05, 3.63) is 51.5 Å². The minimum absolute atomic E-state index is 0.854. The van der Waals surface area contributed by atoms with Gasteiger partial charge in [-0.15, -0.1) is 11.3 Å². The largest absolute Gasteiger partial charge is 0.306 e. The maximum Gasteiger partial charge on any atom is 0.107 e. The van der Waals surface area contributed by atoms with E-state index in [1.54, 1.807) is 11.3 Å². The van der Waals surface area contributed by atoms with Crippen molar-refractivity contribution in [3.63, 3.8) is 0 Å². The van der Waals surface area contributed by atoms with Crippen LogP contribution in [-0.4, -0.2) is 4.98 Å². The molecule has 1 N–H and O–H groups in total. The van der Waals surface area contributed by atoms with Crippen molar-refractivity contribution in [2.24, 2.45) is 0 Å². The molecule has 0 atom stereocenters. The highest BCUT2D eigenvalue weighted by Crippen LogP contribution is 2.08. The zero-order valence-electron chi connectivity index (χ0n) is 9.66. The van der Waals surface area contributed by atoms with Crippen LogP contribution in [0.4, 0.5) is 0 Å². The van der Waals surface area contributed by atoms with Crippen LogP contribution in [0.15, 0.2) is 29.6 Å². The molecular formula is C13H16N2S. The molecule has 84 valence electrons. The van der Waals surface area contributed by atoms with Gasteiger partial charge < -0.3 is 5.32 Å². The normalized spacial score (nSPS) is 10.6. The summed E-state index contributed by atoms with van der Waals surface area (Å²) in [7, 11) is 0. The lowest BCUT2D eigenvalue weighted by molar-refractivity contribution is 0.689. The van der Waals surface area contributed by atoms with Crippen LogP contribution in [0.2, 0.25) is 0 Å². The lowest BCUT2D eigenvalue weighted by Crippen LogP contribution is -2.12. The van der Waals surface area contributed by atoms with Gasteiger partial charge >= 0.3 is 0 Å². The molecule has 0 aliphatic heterocycles. The SMILES string of the molecule is Cc1ccc(CNCc2nc(C)cs2)cc1. The van der Waals surface area contributed by atoms with Crippen molar-refractivity contribution in [1.82, 2.24) is 10.3 Å². The van der Waals surface area contributed by atoms with E-state index in [1.165, 1.54) is 11.1 Å². The molecule has 16 heavy (non-hydrogen) atoms. The standard InChI is InChI=1S/C13H16N2S/c1-10-3-5-12(6-4-10)7-14-8-13-15-11(2)9-16-13/h3-6,9,14H,7-8H2,1-2H3. The minimum atomic E-state index is 0.854. The van der Waals surface area contributed by atoms with Crippen LogP contribution < -0.4 is 5.32 Å². The second kappa shape index (κ2) is 5.23. The Morgan fingerprint density at radius 2 is 1.88 bits per heavy atom. The predicted octanol–water partition coefficient (Wildman–Crippen LogP) is 3.05. The number of hydrogen-bond acceptors (Lipinski definition) is 3. The number of aryl methyl sites for hydroxylation is 2. The number of hydrogen-bond donors (Lipinski definition) is 1. The summed E-state index contributed by atoms with van der Waals surface area (Å²) >= 11 is 1.71. The Morgan fingerprint density at radius 1 is 1.12 bits per heavy atom. The number of benzene rings is 1. The molecule has 0 unspecified atom stereocenters.